The summed E-state index contributed by atoms with van der Waals surface area (Å²) in [5.41, 5.74) is 1.33. The summed E-state index contributed by atoms with van der Waals surface area (Å²) >= 11 is 0. The first-order valence-corrected chi connectivity index (χ1v) is 5.81. The smallest absolute Gasteiger partial charge is 0.0426 e. The summed E-state index contributed by atoms with van der Waals surface area (Å²) in [7, 11) is 2.21. The molecule has 0 N–H and O–H groups in total. The molecule has 1 fully saturated rings. The van der Waals surface area contributed by atoms with Crippen molar-refractivity contribution < 1.29 is 0 Å². The van der Waals surface area contributed by atoms with E-state index in [4.69, 9.17) is 0 Å². The molecule has 2 rings (SSSR count). The summed E-state index contributed by atoms with van der Waals surface area (Å²) in [5.74, 6) is 0. The molecule has 2 nitrogen and oxygen atoms in total. The number of hydrogen-bond acceptors (Lipinski definition) is 2. The van der Waals surface area contributed by atoms with Crippen LogP contribution in [0.1, 0.15) is 13.3 Å². The third-order valence-electron chi connectivity index (χ3n) is 3.41. The highest BCUT2D eigenvalue weighted by atomic mass is 15.2. The van der Waals surface area contributed by atoms with Gasteiger partial charge in [0.15, 0.2) is 0 Å². The van der Waals surface area contributed by atoms with Gasteiger partial charge in [-0.1, -0.05) is 25.1 Å². The average molecular weight is 204 g/mol. The predicted molar refractivity (Wildman–Crippen MR) is 65.4 cm³/mol. The van der Waals surface area contributed by atoms with Crippen molar-refractivity contribution in [1.29, 1.82) is 0 Å². The second kappa shape index (κ2) is 4.67. The van der Waals surface area contributed by atoms with Crippen molar-refractivity contribution in [2.24, 2.45) is 0 Å². The van der Waals surface area contributed by atoms with E-state index in [1.165, 1.54) is 31.7 Å². The van der Waals surface area contributed by atoms with E-state index in [2.05, 4.69) is 54.1 Å². The molecule has 1 aromatic rings. The number of likely N-dealkylation sites (tertiary alicyclic amines) is 1. The monoisotopic (exact) mass is 204 g/mol. The molecule has 1 atom stereocenters. The minimum atomic E-state index is 0.687. The molecule has 0 amide bonds. The quantitative estimate of drug-likeness (QED) is 0.745. The second-order valence-electron chi connectivity index (χ2n) is 4.28. The highest BCUT2D eigenvalue weighted by Crippen LogP contribution is 2.20. The maximum absolute atomic E-state index is 2.52. The van der Waals surface area contributed by atoms with E-state index in [-0.39, 0.29) is 0 Å². The number of nitrogens with zero attached hydrogens (tertiary/aromatic N) is 2. The van der Waals surface area contributed by atoms with Crippen LogP contribution in [0.3, 0.4) is 0 Å². The molecule has 0 bridgehead atoms. The van der Waals surface area contributed by atoms with Crippen molar-refractivity contribution in [1.82, 2.24) is 4.90 Å². The average Bonchev–Trinajstić information content (AvgIpc) is 2.78. The number of hydrogen-bond donors (Lipinski definition) is 0. The summed E-state index contributed by atoms with van der Waals surface area (Å²) in [6.07, 6.45) is 1.29. The largest absolute Gasteiger partial charge is 0.370 e. The fraction of sp³-hybridized carbons (Fsp3) is 0.538. The molecule has 0 radical (unpaired) electrons. The Kier molecular flexibility index (Phi) is 3.27. The summed E-state index contributed by atoms with van der Waals surface area (Å²) in [6, 6.07) is 11.4. The lowest BCUT2D eigenvalue weighted by molar-refractivity contribution is 0.352. The van der Waals surface area contributed by atoms with E-state index in [9.17, 15) is 0 Å². The van der Waals surface area contributed by atoms with Crippen LogP contribution in [0.25, 0.3) is 0 Å². The number of anilines is 1. The van der Waals surface area contributed by atoms with Gasteiger partial charge in [-0.15, -0.1) is 0 Å². The van der Waals surface area contributed by atoms with Gasteiger partial charge in [0, 0.05) is 31.9 Å². The van der Waals surface area contributed by atoms with Crippen LogP contribution in [-0.4, -0.2) is 37.6 Å². The van der Waals surface area contributed by atoms with Gasteiger partial charge in [0.25, 0.3) is 0 Å². The number of benzene rings is 1. The molecular weight excluding hydrogens is 184 g/mol. The van der Waals surface area contributed by atoms with Gasteiger partial charge >= 0.3 is 0 Å². The third-order valence-corrected chi connectivity index (χ3v) is 3.41. The second-order valence-corrected chi connectivity index (χ2v) is 4.28. The molecule has 0 aliphatic carbocycles. The molecule has 0 unspecified atom stereocenters. The molecule has 0 saturated carbocycles. The van der Waals surface area contributed by atoms with Crippen LogP contribution in [-0.2, 0) is 0 Å². The van der Waals surface area contributed by atoms with Gasteiger partial charge in [-0.3, -0.25) is 0 Å². The lowest BCUT2D eigenvalue weighted by atomic mass is 10.2. The van der Waals surface area contributed by atoms with Crippen molar-refractivity contribution in [2.45, 2.75) is 19.4 Å². The topological polar surface area (TPSA) is 6.48 Å². The van der Waals surface area contributed by atoms with Crippen LogP contribution in [0.4, 0.5) is 5.69 Å². The van der Waals surface area contributed by atoms with Gasteiger partial charge in [-0.25, -0.2) is 0 Å². The predicted octanol–water partition coefficient (Wildman–Crippen LogP) is 2.22. The van der Waals surface area contributed by atoms with Crippen molar-refractivity contribution in [2.75, 3.05) is 31.6 Å². The minimum absolute atomic E-state index is 0.687. The summed E-state index contributed by atoms with van der Waals surface area (Å²) < 4.78 is 0. The first-order valence-electron chi connectivity index (χ1n) is 5.81. The Balaban J connectivity index is 2.00. The number of rotatable bonds is 3. The molecule has 82 valence electrons. The normalized spacial score (nSPS) is 21.9. The highest BCUT2D eigenvalue weighted by molar-refractivity contribution is 5.46. The maximum Gasteiger partial charge on any atom is 0.0426 e. The standard InChI is InChI=1S/C13H20N2/c1-3-15-10-9-13(11-15)14(2)12-7-5-4-6-8-12/h4-8,13H,3,9-11H2,1-2H3/t13-/m0/s1. The van der Waals surface area contributed by atoms with Crippen molar-refractivity contribution >= 4 is 5.69 Å². The maximum atomic E-state index is 2.52. The zero-order valence-corrected chi connectivity index (χ0v) is 9.69. The van der Waals surface area contributed by atoms with Gasteiger partial charge in [-0.05, 0) is 25.1 Å². The van der Waals surface area contributed by atoms with Crippen molar-refractivity contribution in [3.8, 4) is 0 Å². The fourth-order valence-electron chi connectivity index (χ4n) is 2.29. The molecule has 2 heteroatoms. The number of likely N-dealkylation sites (N-methyl/N-ethyl adjacent to an activating group) is 2. The lowest BCUT2D eigenvalue weighted by Gasteiger charge is -2.26. The van der Waals surface area contributed by atoms with Gasteiger partial charge in [0.05, 0.1) is 0 Å². The Morgan fingerprint density at radius 1 is 1.33 bits per heavy atom. The highest BCUT2D eigenvalue weighted by Gasteiger charge is 2.24. The first kappa shape index (κ1) is 10.5. The lowest BCUT2D eigenvalue weighted by Crippen LogP contribution is -2.34. The van der Waals surface area contributed by atoms with Gasteiger partial charge in [0.1, 0.15) is 0 Å². The van der Waals surface area contributed by atoms with Crippen LogP contribution < -0.4 is 4.90 Å². The Bertz CT molecular complexity index is 297. The minimum Gasteiger partial charge on any atom is -0.370 e. The Morgan fingerprint density at radius 2 is 2.07 bits per heavy atom. The first-order chi connectivity index (χ1) is 7.31. The van der Waals surface area contributed by atoms with Crippen LogP contribution in [0, 0.1) is 0 Å². The van der Waals surface area contributed by atoms with E-state index in [0.29, 0.717) is 6.04 Å². The van der Waals surface area contributed by atoms with Gasteiger partial charge in [0.2, 0.25) is 0 Å². The molecule has 15 heavy (non-hydrogen) atoms. The third kappa shape index (κ3) is 2.32. The summed E-state index contributed by atoms with van der Waals surface area (Å²) in [6.45, 7) is 5.88. The summed E-state index contributed by atoms with van der Waals surface area (Å²) in [4.78, 5) is 4.93. The van der Waals surface area contributed by atoms with E-state index < -0.39 is 0 Å². The molecule has 0 aromatic heterocycles. The Labute approximate surface area is 92.5 Å². The van der Waals surface area contributed by atoms with E-state index in [1.807, 2.05) is 0 Å². The van der Waals surface area contributed by atoms with Crippen molar-refractivity contribution in [3.63, 3.8) is 0 Å². The fourth-order valence-corrected chi connectivity index (χ4v) is 2.29. The van der Waals surface area contributed by atoms with Crippen LogP contribution >= 0.6 is 0 Å². The van der Waals surface area contributed by atoms with E-state index in [1.54, 1.807) is 0 Å². The molecule has 1 aromatic carbocycles. The number of para-hydroxylation sites is 1. The molecule has 1 saturated heterocycles. The SMILES string of the molecule is CCN1CC[C@H](N(C)c2ccccc2)C1. The molecular formula is C13H20N2. The van der Waals surface area contributed by atoms with Crippen LogP contribution in [0.15, 0.2) is 30.3 Å². The zero-order chi connectivity index (χ0) is 10.7. The Hall–Kier alpha value is -1.02. The summed E-state index contributed by atoms with van der Waals surface area (Å²) in [5, 5.41) is 0. The van der Waals surface area contributed by atoms with E-state index in [0.717, 1.165) is 0 Å². The van der Waals surface area contributed by atoms with Crippen LogP contribution in [0.5, 0.6) is 0 Å². The zero-order valence-electron chi connectivity index (χ0n) is 9.69. The van der Waals surface area contributed by atoms with E-state index >= 15 is 0 Å². The molecule has 1 aliphatic heterocycles. The van der Waals surface area contributed by atoms with Crippen molar-refractivity contribution in [3.05, 3.63) is 30.3 Å². The van der Waals surface area contributed by atoms with Gasteiger partial charge < -0.3 is 9.80 Å². The van der Waals surface area contributed by atoms with Crippen LogP contribution in [0.2, 0.25) is 0 Å². The van der Waals surface area contributed by atoms with Gasteiger partial charge in [-0.2, -0.15) is 0 Å². The molecule has 1 heterocycles. The molecule has 1 aliphatic rings. The Morgan fingerprint density at radius 3 is 2.67 bits per heavy atom. The molecule has 0 spiro atoms.